The van der Waals surface area contributed by atoms with Crippen molar-refractivity contribution in [3.05, 3.63) is 77.2 Å². The maximum absolute atomic E-state index is 13.4. The molecule has 2 amide bonds. The molecule has 3 aromatic rings. The lowest BCUT2D eigenvalue weighted by molar-refractivity contribution is -0.128. The smallest absolute Gasteiger partial charge is 0.246 e. The predicted molar refractivity (Wildman–Crippen MR) is 151 cm³/mol. The summed E-state index contributed by atoms with van der Waals surface area (Å²) in [6.07, 6.45) is 9.83. The Morgan fingerprint density at radius 1 is 1.00 bits per heavy atom. The van der Waals surface area contributed by atoms with Gasteiger partial charge in [-0.2, -0.15) is 0 Å². The number of rotatable bonds is 7. The second kappa shape index (κ2) is 12.9. The number of H-pyrrole nitrogens is 1. The molecule has 6 nitrogen and oxygen atoms in total. The second-order valence-electron chi connectivity index (χ2n) is 10.7. The zero-order chi connectivity index (χ0) is 27.5. The quantitative estimate of drug-likeness (QED) is 0.260. The number of carbonyl (C=O) groups excluding carboxylic acids is 2. The van der Waals surface area contributed by atoms with Crippen LogP contribution in [0.4, 0.5) is 13.2 Å². The molecule has 1 unspecified atom stereocenters. The van der Waals surface area contributed by atoms with Crippen molar-refractivity contribution in [1.29, 1.82) is 0 Å². The van der Waals surface area contributed by atoms with Gasteiger partial charge in [0.15, 0.2) is 17.5 Å². The zero-order valence-corrected chi connectivity index (χ0v) is 22.9. The first kappa shape index (κ1) is 29.7. The Bertz CT molecular complexity index is 1360. The fourth-order valence-electron chi connectivity index (χ4n) is 6.10. The van der Waals surface area contributed by atoms with Crippen LogP contribution in [0.5, 0.6) is 0 Å². The Hall–Kier alpha value is -3.30. The SMILES string of the molecule is Cl.NC(=O)C(N[C@H]1CC[C@H](c2c[nH]c3ccccc32)CC1)C1CCN(C(=O)/C=C/c2cc(F)c(F)c(F)c2)CC1. The number of halogens is 4. The highest BCUT2D eigenvalue weighted by molar-refractivity contribution is 5.92. The van der Waals surface area contributed by atoms with Crippen LogP contribution in [0.3, 0.4) is 0 Å². The van der Waals surface area contributed by atoms with E-state index in [9.17, 15) is 22.8 Å². The lowest BCUT2D eigenvalue weighted by atomic mass is 9.80. The van der Waals surface area contributed by atoms with Gasteiger partial charge in [0.25, 0.3) is 0 Å². The Morgan fingerprint density at radius 2 is 1.65 bits per heavy atom. The number of nitrogens with two attached hydrogens (primary N) is 1. The van der Waals surface area contributed by atoms with Gasteiger partial charge in [0.2, 0.25) is 11.8 Å². The van der Waals surface area contributed by atoms with Crippen molar-refractivity contribution < 1.29 is 22.8 Å². The molecule has 40 heavy (non-hydrogen) atoms. The van der Waals surface area contributed by atoms with Crippen LogP contribution in [0.15, 0.2) is 48.7 Å². The van der Waals surface area contributed by atoms with Gasteiger partial charge in [-0.05, 0) is 85.8 Å². The summed E-state index contributed by atoms with van der Waals surface area (Å²) in [5, 5.41) is 4.81. The van der Waals surface area contributed by atoms with Crippen LogP contribution in [0.2, 0.25) is 0 Å². The van der Waals surface area contributed by atoms with Crippen LogP contribution in [0, 0.1) is 23.4 Å². The van der Waals surface area contributed by atoms with Gasteiger partial charge in [-0.15, -0.1) is 12.4 Å². The number of aromatic nitrogens is 1. The summed E-state index contributed by atoms with van der Waals surface area (Å²) in [4.78, 5) is 30.0. The van der Waals surface area contributed by atoms with Crippen LogP contribution < -0.4 is 11.1 Å². The predicted octanol–water partition coefficient (Wildman–Crippen LogP) is 5.43. The summed E-state index contributed by atoms with van der Waals surface area (Å²) < 4.78 is 40.0. The van der Waals surface area contributed by atoms with E-state index >= 15 is 0 Å². The third-order valence-corrected chi connectivity index (χ3v) is 8.26. The third-order valence-electron chi connectivity index (χ3n) is 8.26. The molecule has 0 bridgehead atoms. The van der Waals surface area contributed by atoms with Crippen molar-refractivity contribution in [3.8, 4) is 0 Å². The topological polar surface area (TPSA) is 91.2 Å². The molecule has 2 aromatic carbocycles. The fourth-order valence-corrected chi connectivity index (χ4v) is 6.10. The molecular formula is C30H34ClF3N4O2. The molecule has 1 saturated carbocycles. The van der Waals surface area contributed by atoms with E-state index in [1.165, 1.54) is 23.1 Å². The van der Waals surface area contributed by atoms with Gasteiger partial charge >= 0.3 is 0 Å². The highest BCUT2D eigenvalue weighted by Crippen LogP contribution is 2.37. The molecule has 1 saturated heterocycles. The standard InChI is InChI=1S/C30H33F3N4O2.ClH/c31-24-15-18(16-25(32)28(24)33)5-10-27(38)37-13-11-20(12-14-37)29(30(34)39)36-21-8-6-19(7-9-21)23-17-35-26-4-2-1-3-22(23)26;/h1-5,10,15-17,19-21,29,35-36H,6-9,11-14H2,(H2,34,39);1H/b10-5+;/t19-,21-,29?;. The van der Waals surface area contributed by atoms with Crippen molar-refractivity contribution in [3.63, 3.8) is 0 Å². The molecule has 1 aliphatic carbocycles. The Kier molecular flexibility index (Phi) is 9.58. The number of amides is 2. The largest absolute Gasteiger partial charge is 0.368 e. The van der Waals surface area contributed by atoms with E-state index in [-0.39, 0.29) is 41.7 Å². The van der Waals surface area contributed by atoms with Crippen molar-refractivity contribution in [2.75, 3.05) is 13.1 Å². The minimum atomic E-state index is -1.54. The van der Waals surface area contributed by atoms with Crippen LogP contribution in [-0.2, 0) is 9.59 Å². The number of benzene rings is 2. The van der Waals surface area contributed by atoms with E-state index in [1.807, 2.05) is 6.07 Å². The highest BCUT2D eigenvalue weighted by Gasteiger charge is 2.34. The second-order valence-corrected chi connectivity index (χ2v) is 10.7. The molecule has 0 spiro atoms. The van der Waals surface area contributed by atoms with Gasteiger partial charge in [-0.3, -0.25) is 9.59 Å². The van der Waals surface area contributed by atoms with Gasteiger partial charge in [-0.25, -0.2) is 13.2 Å². The highest BCUT2D eigenvalue weighted by atomic mass is 35.5. The van der Waals surface area contributed by atoms with Gasteiger partial charge in [-0.1, -0.05) is 18.2 Å². The normalized spacial score (nSPS) is 20.9. The number of fused-ring (bicyclic) bond motifs is 1. The Morgan fingerprint density at radius 3 is 2.30 bits per heavy atom. The molecule has 2 aliphatic rings. The zero-order valence-electron chi connectivity index (χ0n) is 22.0. The molecule has 10 heteroatoms. The number of carbonyl (C=O) groups is 2. The van der Waals surface area contributed by atoms with Crippen LogP contribution in [0.1, 0.15) is 55.6 Å². The van der Waals surface area contributed by atoms with Crippen molar-refractivity contribution in [2.45, 2.75) is 56.5 Å². The number of hydrogen-bond donors (Lipinski definition) is 3. The molecule has 214 valence electrons. The number of nitrogens with zero attached hydrogens (tertiary/aromatic N) is 1. The van der Waals surface area contributed by atoms with Gasteiger partial charge in [0, 0.05) is 42.3 Å². The number of para-hydroxylation sites is 1. The van der Waals surface area contributed by atoms with E-state index in [2.05, 4.69) is 34.7 Å². The van der Waals surface area contributed by atoms with Crippen molar-refractivity contribution >= 4 is 41.2 Å². The first-order chi connectivity index (χ1) is 18.8. The summed E-state index contributed by atoms with van der Waals surface area (Å²) in [6, 6.07) is 9.77. The number of primary amides is 1. The van der Waals surface area contributed by atoms with E-state index in [0.717, 1.165) is 43.3 Å². The first-order valence-electron chi connectivity index (χ1n) is 13.5. The molecule has 5 rings (SSSR count). The van der Waals surface area contributed by atoms with E-state index < -0.39 is 23.5 Å². The summed E-state index contributed by atoms with van der Waals surface area (Å²) in [5.74, 6) is -4.34. The third kappa shape index (κ3) is 6.53. The molecule has 2 fully saturated rings. The van der Waals surface area contributed by atoms with E-state index in [4.69, 9.17) is 5.73 Å². The number of piperidine rings is 1. The van der Waals surface area contributed by atoms with Crippen LogP contribution >= 0.6 is 12.4 Å². The first-order valence-corrected chi connectivity index (χ1v) is 13.5. The Labute approximate surface area is 237 Å². The monoisotopic (exact) mass is 574 g/mol. The molecule has 4 N–H and O–H groups in total. The number of hydrogen-bond acceptors (Lipinski definition) is 3. The summed E-state index contributed by atoms with van der Waals surface area (Å²) in [6.45, 7) is 0.886. The minimum absolute atomic E-state index is 0. The number of nitrogens with one attached hydrogen (secondary N) is 2. The van der Waals surface area contributed by atoms with Crippen molar-refractivity contribution in [1.82, 2.24) is 15.2 Å². The molecule has 0 radical (unpaired) electrons. The van der Waals surface area contributed by atoms with Crippen LogP contribution in [0.25, 0.3) is 17.0 Å². The maximum Gasteiger partial charge on any atom is 0.246 e. The summed E-state index contributed by atoms with van der Waals surface area (Å²) >= 11 is 0. The molecule has 1 aliphatic heterocycles. The summed E-state index contributed by atoms with van der Waals surface area (Å²) in [5.41, 5.74) is 8.38. The van der Waals surface area contributed by atoms with E-state index in [1.54, 1.807) is 4.90 Å². The molecule has 2 heterocycles. The average Bonchev–Trinajstić information content (AvgIpc) is 3.38. The average molecular weight is 575 g/mol. The molecular weight excluding hydrogens is 541 g/mol. The van der Waals surface area contributed by atoms with Crippen LogP contribution in [-0.4, -0.2) is 46.9 Å². The number of aromatic amines is 1. The molecule has 1 aromatic heterocycles. The minimum Gasteiger partial charge on any atom is -0.368 e. The Balaban J connectivity index is 0.00000370. The van der Waals surface area contributed by atoms with Gasteiger partial charge in [0.05, 0.1) is 6.04 Å². The van der Waals surface area contributed by atoms with E-state index in [0.29, 0.717) is 31.8 Å². The van der Waals surface area contributed by atoms with Crippen molar-refractivity contribution in [2.24, 2.45) is 11.7 Å². The van der Waals surface area contributed by atoms with Gasteiger partial charge in [0.1, 0.15) is 0 Å². The maximum atomic E-state index is 13.4. The lowest BCUT2D eigenvalue weighted by Gasteiger charge is -2.38. The van der Waals surface area contributed by atoms with Gasteiger partial charge < -0.3 is 20.9 Å². The fraction of sp³-hybridized carbons (Fsp3) is 0.400. The number of likely N-dealkylation sites (tertiary alicyclic amines) is 1. The molecule has 1 atom stereocenters. The summed E-state index contributed by atoms with van der Waals surface area (Å²) in [7, 11) is 0. The lowest BCUT2D eigenvalue weighted by Crippen LogP contribution is -2.54.